The Kier molecular flexibility index (Phi) is 5.74. The first kappa shape index (κ1) is 13.4. The van der Waals surface area contributed by atoms with Crippen LogP contribution in [0.25, 0.3) is 0 Å². The smallest absolute Gasteiger partial charge is 0.348 e. The molecule has 0 saturated heterocycles. The van der Waals surface area contributed by atoms with Crippen LogP contribution in [0.5, 0.6) is 0 Å². The van der Waals surface area contributed by atoms with Crippen LogP contribution in [0.15, 0.2) is 10.7 Å². The molecule has 1 unspecified atom stereocenters. The van der Waals surface area contributed by atoms with E-state index in [1.165, 1.54) is 12.8 Å². The molecule has 3 nitrogen and oxygen atoms in total. The second kappa shape index (κ2) is 6.84. The van der Waals surface area contributed by atoms with E-state index >= 15 is 0 Å². The normalized spacial score (nSPS) is 20.6. The first-order valence-electron chi connectivity index (χ1n) is 5.86. The molecule has 16 heavy (non-hydrogen) atoms. The highest BCUT2D eigenvalue weighted by Crippen LogP contribution is 2.31. The lowest BCUT2D eigenvalue weighted by atomic mass is 10.2. The minimum Gasteiger partial charge on any atom is -0.493 e. The van der Waals surface area contributed by atoms with Gasteiger partial charge in [0, 0.05) is 5.75 Å². The summed E-state index contributed by atoms with van der Waals surface area (Å²) in [7, 11) is 0. The molecule has 0 aliphatic carbocycles. The van der Waals surface area contributed by atoms with E-state index < -0.39 is 0 Å². The SMILES string of the molecule is CCCCC1CSC(C(=O)OCC)=C(C)O1. The van der Waals surface area contributed by atoms with Gasteiger partial charge in [0.15, 0.2) is 0 Å². The predicted octanol–water partition coefficient (Wildman–Crippen LogP) is 3.10. The van der Waals surface area contributed by atoms with Gasteiger partial charge in [0.25, 0.3) is 0 Å². The molecule has 0 aromatic carbocycles. The van der Waals surface area contributed by atoms with Gasteiger partial charge in [-0.15, -0.1) is 11.8 Å². The second-order valence-electron chi connectivity index (χ2n) is 3.80. The average molecular weight is 244 g/mol. The lowest BCUT2D eigenvalue weighted by Crippen LogP contribution is -2.22. The predicted molar refractivity (Wildman–Crippen MR) is 66.2 cm³/mol. The third kappa shape index (κ3) is 3.74. The second-order valence-corrected chi connectivity index (χ2v) is 4.83. The average Bonchev–Trinajstić information content (AvgIpc) is 2.26. The topological polar surface area (TPSA) is 35.5 Å². The zero-order valence-electron chi connectivity index (χ0n) is 10.2. The van der Waals surface area contributed by atoms with Crippen molar-refractivity contribution in [3.63, 3.8) is 0 Å². The maximum Gasteiger partial charge on any atom is 0.348 e. The number of rotatable bonds is 5. The summed E-state index contributed by atoms with van der Waals surface area (Å²) in [6.45, 7) is 6.24. The maximum atomic E-state index is 11.5. The summed E-state index contributed by atoms with van der Waals surface area (Å²) < 4.78 is 10.7. The van der Waals surface area contributed by atoms with Gasteiger partial charge in [-0.05, 0) is 20.3 Å². The third-order valence-electron chi connectivity index (χ3n) is 2.42. The summed E-state index contributed by atoms with van der Waals surface area (Å²) in [4.78, 5) is 12.2. The van der Waals surface area contributed by atoms with Gasteiger partial charge in [0.2, 0.25) is 0 Å². The van der Waals surface area contributed by atoms with Crippen molar-refractivity contribution in [2.75, 3.05) is 12.4 Å². The Balaban J connectivity index is 2.52. The largest absolute Gasteiger partial charge is 0.493 e. The number of carbonyl (C=O) groups is 1. The molecule has 0 aromatic rings. The Morgan fingerprint density at radius 3 is 2.88 bits per heavy atom. The van der Waals surface area contributed by atoms with Crippen LogP contribution in [0.4, 0.5) is 0 Å². The van der Waals surface area contributed by atoms with Crippen LogP contribution in [0.2, 0.25) is 0 Å². The molecule has 0 amide bonds. The van der Waals surface area contributed by atoms with Gasteiger partial charge in [0.1, 0.15) is 16.8 Å². The fourth-order valence-corrected chi connectivity index (χ4v) is 2.60. The number of hydrogen-bond donors (Lipinski definition) is 0. The molecule has 0 bridgehead atoms. The minimum absolute atomic E-state index is 0.251. The molecule has 1 heterocycles. The van der Waals surface area contributed by atoms with Crippen molar-refractivity contribution < 1.29 is 14.3 Å². The van der Waals surface area contributed by atoms with E-state index in [-0.39, 0.29) is 12.1 Å². The quantitative estimate of drug-likeness (QED) is 0.696. The summed E-state index contributed by atoms with van der Waals surface area (Å²) in [5.41, 5.74) is 0. The molecule has 0 radical (unpaired) electrons. The Morgan fingerprint density at radius 1 is 1.56 bits per heavy atom. The standard InChI is InChI=1S/C12H20O3S/c1-4-6-7-10-8-16-11(9(3)15-10)12(13)14-5-2/h10H,4-8H2,1-3H3. The van der Waals surface area contributed by atoms with Crippen molar-refractivity contribution >= 4 is 17.7 Å². The van der Waals surface area contributed by atoms with Crippen LogP contribution in [0.3, 0.4) is 0 Å². The van der Waals surface area contributed by atoms with E-state index in [0.717, 1.165) is 17.9 Å². The number of hydrogen-bond acceptors (Lipinski definition) is 4. The maximum absolute atomic E-state index is 11.5. The van der Waals surface area contributed by atoms with Crippen molar-refractivity contribution in [2.45, 2.75) is 46.1 Å². The minimum atomic E-state index is -0.251. The number of ether oxygens (including phenoxy) is 2. The molecule has 0 saturated carbocycles. The lowest BCUT2D eigenvalue weighted by molar-refractivity contribution is -0.138. The van der Waals surface area contributed by atoms with Crippen LogP contribution >= 0.6 is 11.8 Å². The number of allylic oxidation sites excluding steroid dienone is 1. The van der Waals surface area contributed by atoms with Crippen LogP contribution in [0, 0.1) is 0 Å². The van der Waals surface area contributed by atoms with Gasteiger partial charge in [-0.2, -0.15) is 0 Å². The Bertz CT molecular complexity index is 273. The molecule has 4 heteroatoms. The van der Waals surface area contributed by atoms with Gasteiger partial charge < -0.3 is 9.47 Å². The monoisotopic (exact) mass is 244 g/mol. The highest BCUT2D eigenvalue weighted by molar-refractivity contribution is 8.04. The molecule has 1 atom stereocenters. The molecule has 0 aromatic heterocycles. The summed E-state index contributed by atoms with van der Waals surface area (Å²) >= 11 is 1.56. The molecular weight excluding hydrogens is 224 g/mol. The van der Waals surface area contributed by atoms with Crippen LogP contribution in [-0.4, -0.2) is 24.4 Å². The summed E-state index contributed by atoms with van der Waals surface area (Å²) in [5, 5.41) is 0. The third-order valence-corrected chi connectivity index (χ3v) is 3.70. The van der Waals surface area contributed by atoms with Crippen LogP contribution in [-0.2, 0) is 14.3 Å². The van der Waals surface area contributed by atoms with E-state index in [0.29, 0.717) is 11.5 Å². The van der Waals surface area contributed by atoms with E-state index in [1.807, 2.05) is 13.8 Å². The van der Waals surface area contributed by atoms with E-state index in [2.05, 4.69) is 6.92 Å². The number of thioether (sulfide) groups is 1. The number of carbonyl (C=O) groups excluding carboxylic acids is 1. The zero-order chi connectivity index (χ0) is 12.0. The molecule has 0 fully saturated rings. The van der Waals surface area contributed by atoms with Crippen molar-refractivity contribution in [1.82, 2.24) is 0 Å². The molecule has 1 rings (SSSR count). The summed E-state index contributed by atoms with van der Waals surface area (Å²) in [5.74, 6) is 1.32. The number of unbranched alkanes of at least 4 members (excludes halogenated alkanes) is 1. The summed E-state index contributed by atoms with van der Waals surface area (Å²) in [6, 6.07) is 0. The van der Waals surface area contributed by atoms with Crippen LogP contribution in [0.1, 0.15) is 40.0 Å². The van der Waals surface area contributed by atoms with Crippen molar-refractivity contribution in [2.24, 2.45) is 0 Å². The molecule has 1 aliphatic rings. The van der Waals surface area contributed by atoms with Gasteiger partial charge >= 0.3 is 5.97 Å². The van der Waals surface area contributed by atoms with Gasteiger partial charge in [-0.3, -0.25) is 0 Å². The lowest BCUT2D eigenvalue weighted by Gasteiger charge is -2.25. The fourth-order valence-electron chi connectivity index (χ4n) is 1.59. The molecular formula is C12H20O3S. The van der Waals surface area contributed by atoms with Crippen molar-refractivity contribution in [1.29, 1.82) is 0 Å². The van der Waals surface area contributed by atoms with Gasteiger partial charge in [-0.25, -0.2) is 4.79 Å². The van der Waals surface area contributed by atoms with E-state index in [1.54, 1.807) is 11.8 Å². The van der Waals surface area contributed by atoms with E-state index in [9.17, 15) is 4.79 Å². The van der Waals surface area contributed by atoms with Gasteiger partial charge in [0.05, 0.1) is 6.61 Å². The van der Waals surface area contributed by atoms with Gasteiger partial charge in [-0.1, -0.05) is 19.8 Å². The first-order valence-corrected chi connectivity index (χ1v) is 6.85. The molecule has 1 aliphatic heterocycles. The first-order chi connectivity index (χ1) is 7.69. The summed E-state index contributed by atoms with van der Waals surface area (Å²) in [6.07, 6.45) is 3.67. The highest BCUT2D eigenvalue weighted by atomic mass is 32.2. The van der Waals surface area contributed by atoms with Crippen molar-refractivity contribution in [3.05, 3.63) is 10.7 Å². The molecule has 92 valence electrons. The Hall–Kier alpha value is -0.640. The Morgan fingerprint density at radius 2 is 2.31 bits per heavy atom. The zero-order valence-corrected chi connectivity index (χ0v) is 11.1. The highest BCUT2D eigenvalue weighted by Gasteiger charge is 2.25. The molecule has 0 N–H and O–H groups in total. The number of esters is 1. The van der Waals surface area contributed by atoms with Crippen molar-refractivity contribution in [3.8, 4) is 0 Å². The fraction of sp³-hybridized carbons (Fsp3) is 0.750. The van der Waals surface area contributed by atoms with E-state index in [4.69, 9.17) is 9.47 Å². The van der Waals surface area contributed by atoms with Crippen LogP contribution < -0.4 is 0 Å². The molecule has 0 spiro atoms. The Labute approximate surface area is 102 Å².